The highest BCUT2D eigenvalue weighted by atomic mass is 16.5. The molecular weight excluding hydrogens is 456 g/mol. The predicted molar refractivity (Wildman–Crippen MR) is 143 cm³/mol. The Labute approximate surface area is 212 Å². The first-order valence-corrected chi connectivity index (χ1v) is 12.9. The summed E-state index contributed by atoms with van der Waals surface area (Å²) in [6.07, 6.45) is 8.45. The van der Waals surface area contributed by atoms with Crippen LogP contribution < -0.4 is 26.4 Å². The Balaban J connectivity index is 1.33. The maximum Gasteiger partial charge on any atom is 0.237 e. The van der Waals surface area contributed by atoms with Crippen molar-refractivity contribution in [1.82, 2.24) is 25.3 Å². The van der Waals surface area contributed by atoms with Crippen LogP contribution in [-0.2, 0) is 4.79 Å². The molecule has 3 aromatic rings. The molecule has 1 fully saturated rings. The molecule has 0 bridgehead atoms. The summed E-state index contributed by atoms with van der Waals surface area (Å²) >= 11 is 0. The SMILES string of the molecule is Cc1cc(OCCCNC(=O)[C@@H](N)C(C)C)ccc1Nc1nc(NC2CCCCC2)c2[nH]cnc2n1. The first-order valence-electron chi connectivity index (χ1n) is 12.9. The number of H-pyrrole nitrogens is 1. The molecule has 0 saturated heterocycles. The van der Waals surface area contributed by atoms with Crippen molar-refractivity contribution >= 4 is 34.5 Å². The third kappa shape index (κ3) is 6.63. The second-order valence-electron chi connectivity index (χ2n) is 9.84. The number of nitrogens with one attached hydrogen (secondary N) is 4. The van der Waals surface area contributed by atoms with Crippen LogP contribution in [0.15, 0.2) is 24.5 Å². The van der Waals surface area contributed by atoms with Crippen LogP contribution in [0.1, 0.15) is 57.9 Å². The lowest BCUT2D eigenvalue weighted by molar-refractivity contribution is -0.123. The molecule has 6 N–H and O–H groups in total. The second-order valence-corrected chi connectivity index (χ2v) is 9.84. The van der Waals surface area contributed by atoms with E-state index in [0.717, 1.165) is 41.2 Å². The molecule has 0 unspecified atom stereocenters. The van der Waals surface area contributed by atoms with E-state index in [9.17, 15) is 4.79 Å². The molecule has 2 aromatic heterocycles. The molecule has 0 spiro atoms. The summed E-state index contributed by atoms with van der Waals surface area (Å²) in [5, 5.41) is 9.79. The molecule has 194 valence electrons. The van der Waals surface area contributed by atoms with Crippen LogP contribution in [0, 0.1) is 12.8 Å². The number of carbonyl (C=O) groups excluding carboxylic acids is 1. The van der Waals surface area contributed by atoms with Gasteiger partial charge in [0, 0.05) is 18.3 Å². The lowest BCUT2D eigenvalue weighted by Crippen LogP contribution is -2.44. The monoisotopic (exact) mass is 494 g/mol. The van der Waals surface area contributed by atoms with Gasteiger partial charge < -0.3 is 31.4 Å². The van der Waals surface area contributed by atoms with Gasteiger partial charge in [-0.3, -0.25) is 4.79 Å². The van der Waals surface area contributed by atoms with Crippen LogP contribution in [-0.4, -0.2) is 51.1 Å². The van der Waals surface area contributed by atoms with Gasteiger partial charge in [0.05, 0.1) is 19.0 Å². The van der Waals surface area contributed by atoms with Crippen LogP contribution >= 0.6 is 0 Å². The summed E-state index contributed by atoms with van der Waals surface area (Å²) in [5.41, 5.74) is 9.22. The Kier molecular flexibility index (Phi) is 8.58. The molecule has 0 radical (unpaired) electrons. The maximum absolute atomic E-state index is 11.9. The molecule has 0 aliphatic heterocycles. The Morgan fingerprint density at radius 3 is 2.78 bits per heavy atom. The minimum Gasteiger partial charge on any atom is -0.494 e. The van der Waals surface area contributed by atoms with Crippen LogP contribution in [0.25, 0.3) is 11.2 Å². The van der Waals surface area contributed by atoms with Crippen molar-refractivity contribution in [3.8, 4) is 5.75 Å². The number of carbonyl (C=O) groups is 1. The van der Waals surface area contributed by atoms with Gasteiger partial charge in [0.2, 0.25) is 11.9 Å². The fraction of sp³-hybridized carbons (Fsp3) is 0.538. The Morgan fingerprint density at radius 2 is 2.03 bits per heavy atom. The van der Waals surface area contributed by atoms with Gasteiger partial charge >= 0.3 is 0 Å². The molecule has 1 saturated carbocycles. The van der Waals surface area contributed by atoms with E-state index in [1.807, 2.05) is 39.0 Å². The lowest BCUT2D eigenvalue weighted by Gasteiger charge is -2.23. The fourth-order valence-electron chi connectivity index (χ4n) is 4.31. The number of ether oxygens (including phenoxy) is 1. The number of hydrogen-bond acceptors (Lipinski definition) is 8. The van der Waals surface area contributed by atoms with Crippen LogP contribution in [0.5, 0.6) is 5.75 Å². The molecule has 1 aliphatic carbocycles. The number of fused-ring (bicyclic) bond motifs is 1. The minimum atomic E-state index is -0.481. The van der Waals surface area contributed by atoms with Crippen molar-refractivity contribution in [2.75, 3.05) is 23.8 Å². The minimum absolute atomic E-state index is 0.114. The van der Waals surface area contributed by atoms with Gasteiger partial charge in [0.25, 0.3) is 0 Å². The van der Waals surface area contributed by atoms with E-state index in [4.69, 9.17) is 15.5 Å². The first-order chi connectivity index (χ1) is 17.4. The standard InChI is InChI=1S/C26H38N8O2/c1-16(2)21(27)25(35)28-12-7-13-36-19-10-11-20(17(3)14-19)32-26-33-23-22(29-15-30-23)24(34-26)31-18-8-5-4-6-9-18/h10-11,14-16,18,21H,4-9,12-13,27H2,1-3H3,(H,28,35)(H3,29,30,31,32,33,34)/t21-/m0/s1. The van der Waals surface area contributed by atoms with E-state index < -0.39 is 6.04 Å². The van der Waals surface area contributed by atoms with E-state index in [2.05, 4.69) is 30.9 Å². The number of nitrogens with two attached hydrogens (primary N) is 1. The summed E-state index contributed by atoms with van der Waals surface area (Å²) in [6.45, 7) is 6.91. The molecule has 36 heavy (non-hydrogen) atoms. The predicted octanol–water partition coefficient (Wildman–Crippen LogP) is 4.02. The summed E-state index contributed by atoms with van der Waals surface area (Å²) in [4.78, 5) is 28.8. The quantitative estimate of drug-likeness (QED) is 0.252. The fourth-order valence-corrected chi connectivity index (χ4v) is 4.31. The van der Waals surface area contributed by atoms with Gasteiger partial charge in [-0.25, -0.2) is 4.98 Å². The maximum atomic E-state index is 11.9. The zero-order chi connectivity index (χ0) is 25.5. The van der Waals surface area contributed by atoms with Crippen molar-refractivity contribution < 1.29 is 9.53 Å². The molecule has 10 heteroatoms. The van der Waals surface area contributed by atoms with Crippen LogP contribution in [0.4, 0.5) is 17.5 Å². The number of amides is 1. The van der Waals surface area contributed by atoms with E-state index >= 15 is 0 Å². The molecular formula is C26H38N8O2. The molecule has 10 nitrogen and oxygen atoms in total. The summed E-state index contributed by atoms with van der Waals surface area (Å²) in [5.74, 6) is 2.05. The highest BCUT2D eigenvalue weighted by Gasteiger charge is 2.18. The summed E-state index contributed by atoms with van der Waals surface area (Å²) in [7, 11) is 0. The summed E-state index contributed by atoms with van der Waals surface area (Å²) in [6, 6.07) is 5.79. The number of imidazole rings is 1. The molecule has 1 amide bonds. The number of aryl methyl sites for hydroxylation is 1. The van der Waals surface area contributed by atoms with Crippen molar-refractivity contribution in [1.29, 1.82) is 0 Å². The Morgan fingerprint density at radius 1 is 1.22 bits per heavy atom. The molecule has 1 aromatic carbocycles. The third-order valence-corrected chi connectivity index (χ3v) is 6.59. The van der Waals surface area contributed by atoms with E-state index in [-0.39, 0.29) is 11.8 Å². The highest BCUT2D eigenvalue weighted by Crippen LogP contribution is 2.28. The topological polar surface area (TPSA) is 143 Å². The van der Waals surface area contributed by atoms with Crippen molar-refractivity contribution in [2.45, 2.75) is 71.4 Å². The van der Waals surface area contributed by atoms with Gasteiger partial charge in [-0.2, -0.15) is 9.97 Å². The van der Waals surface area contributed by atoms with Crippen LogP contribution in [0.3, 0.4) is 0 Å². The van der Waals surface area contributed by atoms with Crippen molar-refractivity contribution in [3.05, 3.63) is 30.1 Å². The molecule has 2 heterocycles. The largest absolute Gasteiger partial charge is 0.494 e. The first kappa shape index (κ1) is 25.7. The molecule has 1 atom stereocenters. The molecule has 1 aliphatic rings. The lowest BCUT2D eigenvalue weighted by atomic mass is 9.95. The number of hydrogen-bond donors (Lipinski definition) is 5. The summed E-state index contributed by atoms with van der Waals surface area (Å²) < 4.78 is 5.87. The number of aromatic amines is 1. The van der Waals surface area contributed by atoms with Crippen molar-refractivity contribution in [2.24, 2.45) is 11.7 Å². The highest BCUT2D eigenvalue weighted by molar-refractivity contribution is 5.84. The normalized spacial score (nSPS) is 15.1. The average Bonchev–Trinajstić information content (AvgIpc) is 3.34. The van der Waals surface area contributed by atoms with E-state index in [0.29, 0.717) is 37.2 Å². The number of rotatable bonds is 11. The number of nitrogens with zero attached hydrogens (tertiary/aromatic N) is 3. The van der Waals surface area contributed by atoms with Crippen LogP contribution in [0.2, 0.25) is 0 Å². The number of anilines is 3. The van der Waals surface area contributed by atoms with E-state index in [1.54, 1.807) is 6.33 Å². The number of benzene rings is 1. The van der Waals surface area contributed by atoms with Gasteiger partial charge in [0.1, 0.15) is 11.3 Å². The Hall–Kier alpha value is -3.40. The van der Waals surface area contributed by atoms with Gasteiger partial charge in [-0.15, -0.1) is 0 Å². The van der Waals surface area contributed by atoms with Gasteiger partial charge in [0.15, 0.2) is 11.5 Å². The molecule has 4 rings (SSSR count). The van der Waals surface area contributed by atoms with Gasteiger partial charge in [-0.05, 0) is 55.9 Å². The third-order valence-electron chi connectivity index (χ3n) is 6.59. The smallest absolute Gasteiger partial charge is 0.237 e. The average molecular weight is 495 g/mol. The number of aromatic nitrogens is 4. The van der Waals surface area contributed by atoms with Crippen molar-refractivity contribution in [3.63, 3.8) is 0 Å². The second kappa shape index (κ2) is 12.0. The zero-order valence-corrected chi connectivity index (χ0v) is 21.4. The Bertz CT molecular complexity index is 1160. The van der Waals surface area contributed by atoms with Gasteiger partial charge in [-0.1, -0.05) is 33.1 Å². The van der Waals surface area contributed by atoms with E-state index in [1.165, 1.54) is 19.3 Å². The zero-order valence-electron chi connectivity index (χ0n) is 21.4.